The normalized spacial score (nSPS) is 25.6. The molecule has 0 bridgehead atoms. The highest BCUT2D eigenvalue weighted by atomic mass is 16.7. The summed E-state index contributed by atoms with van der Waals surface area (Å²) in [6, 6.07) is 9.60. The summed E-state index contributed by atoms with van der Waals surface area (Å²) in [7, 11) is 0. The maximum absolute atomic E-state index is 11.4. The molecule has 0 aromatic heterocycles. The smallest absolute Gasteiger partial charge is 0.339 e. The van der Waals surface area contributed by atoms with E-state index in [0.717, 1.165) is 5.56 Å². The summed E-state index contributed by atoms with van der Waals surface area (Å²) in [6.45, 7) is 3.93. The predicted molar refractivity (Wildman–Crippen MR) is 63.2 cm³/mol. The van der Waals surface area contributed by atoms with Crippen molar-refractivity contribution < 1.29 is 14.3 Å². The van der Waals surface area contributed by atoms with Crippen LogP contribution < -0.4 is 0 Å². The van der Waals surface area contributed by atoms with E-state index in [0.29, 0.717) is 6.61 Å². The number of benzene rings is 1. The largest absolute Gasteiger partial charge is 0.464 e. The molecule has 1 aromatic carbocycles. The van der Waals surface area contributed by atoms with Gasteiger partial charge in [-0.1, -0.05) is 30.0 Å². The molecule has 3 nitrogen and oxygen atoms in total. The van der Waals surface area contributed by atoms with Gasteiger partial charge in [-0.3, -0.25) is 0 Å². The van der Waals surface area contributed by atoms with Crippen LogP contribution in [0.15, 0.2) is 30.3 Å². The summed E-state index contributed by atoms with van der Waals surface area (Å²) < 4.78 is 10.2. The number of rotatable bonds is 2. The fourth-order valence-corrected chi connectivity index (χ4v) is 1.51. The van der Waals surface area contributed by atoms with Crippen LogP contribution in [0.3, 0.4) is 0 Å². The summed E-state index contributed by atoms with van der Waals surface area (Å²) in [5.41, 5.74) is 0.217. The highest BCUT2D eigenvalue weighted by molar-refractivity contribution is 5.80. The van der Waals surface area contributed by atoms with Gasteiger partial charge in [0.05, 0.1) is 6.61 Å². The second kappa shape index (κ2) is 4.60. The van der Waals surface area contributed by atoms with Crippen LogP contribution in [-0.4, -0.2) is 24.3 Å². The van der Waals surface area contributed by atoms with Gasteiger partial charge in [0.2, 0.25) is 0 Å². The molecule has 0 saturated carbocycles. The molecular weight excluding hydrogens is 216 g/mol. The maximum Gasteiger partial charge on any atom is 0.339 e. The Kier molecular flexibility index (Phi) is 3.16. The van der Waals surface area contributed by atoms with Gasteiger partial charge in [-0.05, 0) is 26.0 Å². The zero-order chi connectivity index (χ0) is 12.3. The molecule has 3 heteroatoms. The van der Waals surface area contributed by atoms with Crippen LogP contribution in [0, 0.1) is 11.8 Å². The van der Waals surface area contributed by atoms with Gasteiger partial charge in [0.25, 0.3) is 0 Å². The second-order valence-electron chi connectivity index (χ2n) is 3.97. The first-order valence-corrected chi connectivity index (χ1v) is 5.58. The Balaban J connectivity index is 2.02. The monoisotopic (exact) mass is 230 g/mol. The van der Waals surface area contributed by atoms with Gasteiger partial charge in [-0.2, -0.15) is 0 Å². The Labute approximate surface area is 101 Å². The molecule has 0 N–H and O–H groups in total. The predicted octanol–water partition coefficient (Wildman–Crippen LogP) is 1.76. The Hall–Kier alpha value is -1.79. The van der Waals surface area contributed by atoms with Crippen LogP contribution in [-0.2, 0) is 14.3 Å². The Morgan fingerprint density at radius 1 is 1.47 bits per heavy atom. The van der Waals surface area contributed by atoms with Crippen LogP contribution in [0.1, 0.15) is 19.4 Å². The van der Waals surface area contributed by atoms with Crippen molar-refractivity contribution in [1.29, 1.82) is 0 Å². The Morgan fingerprint density at radius 2 is 2.18 bits per heavy atom. The summed E-state index contributed by atoms with van der Waals surface area (Å²) in [5.74, 6) is 5.62. The lowest BCUT2D eigenvalue weighted by molar-refractivity contribution is -0.144. The van der Waals surface area contributed by atoms with Crippen LogP contribution in [0.2, 0.25) is 0 Å². The summed E-state index contributed by atoms with van der Waals surface area (Å²) >= 11 is 0. The molecule has 1 aliphatic rings. The maximum atomic E-state index is 11.4. The third kappa shape index (κ3) is 2.66. The third-order valence-electron chi connectivity index (χ3n) is 2.54. The first-order chi connectivity index (χ1) is 8.15. The van der Waals surface area contributed by atoms with E-state index < -0.39 is 11.7 Å². The number of hydrogen-bond donors (Lipinski definition) is 0. The minimum absolute atomic E-state index is 0.336. The molecule has 2 atom stereocenters. The first-order valence-electron chi connectivity index (χ1n) is 5.58. The standard InChI is InChI=1S/C14H14O3/c1-3-16-13(15)12-14(2,17-12)10-9-11-7-5-4-6-8-11/h4-8,12H,3H2,1-2H3. The summed E-state index contributed by atoms with van der Waals surface area (Å²) in [4.78, 5) is 11.4. The van der Waals surface area contributed by atoms with Crippen LogP contribution in [0.4, 0.5) is 0 Å². The molecule has 0 radical (unpaired) electrons. The molecular formula is C14H14O3. The average Bonchev–Trinajstić information content (AvgIpc) is 3.02. The second-order valence-corrected chi connectivity index (χ2v) is 3.97. The van der Waals surface area contributed by atoms with Gasteiger partial charge in [0, 0.05) is 5.56 Å². The Morgan fingerprint density at radius 3 is 2.82 bits per heavy atom. The topological polar surface area (TPSA) is 38.8 Å². The fourth-order valence-electron chi connectivity index (χ4n) is 1.51. The third-order valence-corrected chi connectivity index (χ3v) is 2.54. The number of esters is 1. The van der Waals surface area contributed by atoms with Gasteiger partial charge in [-0.15, -0.1) is 0 Å². The van der Waals surface area contributed by atoms with Gasteiger partial charge < -0.3 is 9.47 Å². The van der Waals surface area contributed by atoms with Gasteiger partial charge in [0.1, 0.15) is 0 Å². The van der Waals surface area contributed by atoms with Gasteiger partial charge >= 0.3 is 5.97 Å². The lowest BCUT2D eigenvalue weighted by Crippen LogP contribution is -2.18. The van der Waals surface area contributed by atoms with Gasteiger partial charge in [-0.25, -0.2) is 4.79 Å². The molecule has 0 aliphatic carbocycles. The van der Waals surface area contributed by atoms with Crippen molar-refractivity contribution in [2.75, 3.05) is 6.61 Å². The highest BCUT2D eigenvalue weighted by Gasteiger charge is 2.57. The molecule has 1 heterocycles. The van der Waals surface area contributed by atoms with Crippen LogP contribution in [0.25, 0.3) is 0 Å². The molecule has 17 heavy (non-hydrogen) atoms. The van der Waals surface area contributed by atoms with Crippen molar-refractivity contribution in [3.8, 4) is 11.8 Å². The van der Waals surface area contributed by atoms with E-state index >= 15 is 0 Å². The fraction of sp³-hybridized carbons (Fsp3) is 0.357. The van der Waals surface area contributed by atoms with E-state index in [1.165, 1.54) is 0 Å². The molecule has 1 saturated heterocycles. The van der Waals surface area contributed by atoms with Crippen LogP contribution >= 0.6 is 0 Å². The first kappa shape index (κ1) is 11.7. The van der Waals surface area contributed by atoms with E-state index in [1.807, 2.05) is 30.3 Å². The minimum atomic E-state index is -0.692. The van der Waals surface area contributed by atoms with Crippen molar-refractivity contribution in [2.24, 2.45) is 0 Å². The molecule has 2 rings (SSSR count). The molecule has 1 aromatic rings. The number of epoxide rings is 1. The lowest BCUT2D eigenvalue weighted by Gasteiger charge is -1.97. The molecule has 0 amide bonds. The van der Waals surface area contributed by atoms with Gasteiger partial charge in [0.15, 0.2) is 11.7 Å². The van der Waals surface area contributed by atoms with Crippen molar-refractivity contribution in [2.45, 2.75) is 25.6 Å². The number of carbonyl (C=O) groups excluding carboxylic acids is 1. The zero-order valence-electron chi connectivity index (χ0n) is 9.90. The molecule has 0 spiro atoms. The Bertz CT molecular complexity index is 469. The van der Waals surface area contributed by atoms with Crippen LogP contribution in [0.5, 0.6) is 0 Å². The van der Waals surface area contributed by atoms with Crippen molar-refractivity contribution >= 4 is 5.97 Å². The summed E-state index contributed by atoms with van der Waals surface area (Å²) in [6.07, 6.45) is -0.543. The number of ether oxygens (including phenoxy) is 2. The van der Waals surface area contributed by atoms with Crippen molar-refractivity contribution in [3.63, 3.8) is 0 Å². The van der Waals surface area contributed by atoms with E-state index in [1.54, 1.807) is 13.8 Å². The van der Waals surface area contributed by atoms with E-state index in [2.05, 4.69) is 11.8 Å². The highest BCUT2D eigenvalue weighted by Crippen LogP contribution is 2.36. The van der Waals surface area contributed by atoms with Crippen molar-refractivity contribution in [3.05, 3.63) is 35.9 Å². The molecule has 88 valence electrons. The number of hydrogen-bond acceptors (Lipinski definition) is 3. The number of carbonyl (C=O) groups is 1. The zero-order valence-corrected chi connectivity index (χ0v) is 9.90. The average molecular weight is 230 g/mol. The summed E-state index contributed by atoms with van der Waals surface area (Å²) in [5, 5.41) is 0. The molecule has 1 fully saturated rings. The molecule has 1 aliphatic heterocycles. The van der Waals surface area contributed by atoms with Crippen molar-refractivity contribution in [1.82, 2.24) is 0 Å². The lowest BCUT2D eigenvalue weighted by atomic mass is 10.1. The minimum Gasteiger partial charge on any atom is -0.464 e. The molecule has 2 unspecified atom stereocenters. The van der Waals surface area contributed by atoms with E-state index in [9.17, 15) is 4.79 Å². The quantitative estimate of drug-likeness (QED) is 0.441. The van der Waals surface area contributed by atoms with E-state index in [4.69, 9.17) is 9.47 Å². The SMILES string of the molecule is CCOC(=O)C1OC1(C)C#Cc1ccccc1. The van der Waals surface area contributed by atoms with E-state index in [-0.39, 0.29) is 5.97 Å².